The number of aliphatic hydroxyl groups excluding tert-OH is 2. The highest BCUT2D eigenvalue weighted by atomic mass is 16.5. The van der Waals surface area contributed by atoms with E-state index in [0.717, 1.165) is 0 Å². The number of carbonyl (C=O) groups excluding carboxylic acids is 1. The predicted octanol–water partition coefficient (Wildman–Crippen LogP) is -0.319. The van der Waals surface area contributed by atoms with E-state index in [0.29, 0.717) is 19.3 Å². The first kappa shape index (κ1) is 8.97. The Kier molecular flexibility index (Phi) is 2.26. The molecule has 0 radical (unpaired) electrons. The molecule has 2 rings (SSSR count). The van der Waals surface area contributed by atoms with E-state index in [1.54, 1.807) is 0 Å². The maximum atomic E-state index is 11.1. The van der Waals surface area contributed by atoms with E-state index in [1.807, 2.05) is 0 Å². The Morgan fingerprint density at radius 3 is 3.00 bits per heavy atom. The zero-order chi connectivity index (χ0) is 9.42. The highest BCUT2D eigenvalue weighted by molar-refractivity contribution is 5.70. The summed E-state index contributed by atoms with van der Waals surface area (Å²) in [5.41, 5.74) is 0. The van der Waals surface area contributed by atoms with Crippen molar-refractivity contribution >= 4 is 5.97 Å². The van der Waals surface area contributed by atoms with Gasteiger partial charge in [0, 0.05) is 25.4 Å². The zero-order valence-electron chi connectivity index (χ0n) is 7.35. The fourth-order valence-corrected chi connectivity index (χ4v) is 2.46. The molecule has 2 N–H and O–H groups in total. The Labute approximate surface area is 76.5 Å². The summed E-state index contributed by atoms with van der Waals surface area (Å²) >= 11 is 0. The lowest BCUT2D eigenvalue weighted by atomic mass is 9.91. The van der Waals surface area contributed by atoms with Crippen LogP contribution in [0.3, 0.4) is 0 Å². The van der Waals surface area contributed by atoms with Gasteiger partial charge in [0.2, 0.25) is 0 Å². The largest absolute Gasteiger partial charge is 0.462 e. The number of esters is 1. The van der Waals surface area contributed by atoms with Crippen molar-refractivity contribution in [3.63, 3.8) is 0 Å². The van der Waals surface area contributed by atoms with Crippen molar-refractivity contribution in [1.29, 1.82) is 0 Å². The Morgan fingerprint density at radius 1 is 1.54 bits per heavy atom. The lowest BCUT2D eigenvalue weighted by Crippen LogP contribution is -2.24. The molecule has 1 aliphatic carbocycles. The fraction of sp³-hybridized carbons (Fsp3) is 0.889. The van der Waals surface area contributed by atoms with Gasteiger partial charge in [-0.05, 0) is 12.3 Å². The minimum atomic E-state index is -0.407. The van der Waals surface area contributed by atoms with Crippen molar-refractivity contribution in [3.05, 3.63) is 0 Å². The summed E-state index contributed by atoms with van der Waals surface area (Å²) in [7, 11) is 0. The van der Waals surface area contributed by atoms with Crippen LogP contribution in [0.25, 0.3) is 0 Å². The van der Waals surface area contributed by atoms with Crippen LogP contribution in [0.1, 0.15) is 19.3 Å². The Bertz CT molecular complexity index is 216. The Morgan fingerprint density at radius 2 is 2.31 bits per heavy atom. The van der Waals surface area contributed by atoms with Crippen molar-refractivity contribution in [2.45, 2.75) is 31.5 Å². The molecule has 4 nitrogen and oxygen atoms in total. The van der Waals surface area contributed by atoms with Crippen LogP contribution in [0, 0.1) is 11.8 Å². The molecule has 0 spiro atoms. The molecule has 0 aromatic rings. The zero-order valence-corrected chi connectivity index (χ0v) is 7.35. The summed E-state index contributed by atoms with van der Waals surface area (Å²) in [5.74, 6) is -0.208. The first-order valence-corrected chi connectivity index (χ1v) is 4.70. The molecule has 2 fully saturated rings. The van der Waals surface area contributed by atoms with Crippen molar-refractivity contribution < 1.29 is 19.7 Å². The number of aliphatic hydroxyl groups is 2. The summed E-state index contributed by atoms with van der Waals surface area (Å²) in [5, 5.41) is 18.7. The summed E-state index contributed by atoms with van der Waals surface area (Å²) in [6.45, 7) is -0.000324. The van der Waals surface area contributed by atoms with Crippen LogP contribution in [-0.4, -0.2) is 35.0 Å². The van der Waals surface area contributed by atoms with Crippen molar-refractivity contribution in [2.24, 2.45) is 11.8 Å². The van der Waals surface area contributed by atoms with Gasteiger partial charge in [0.05, 0.1) is 6.10 Å². The number of hydrogen-bond acceptors (Lipinski definition) is 4. The van der Waals surface area contributed by atoms with E-state index < -0.39 is 6.10 Å². The highest BCUT2D eigenvalue weighted by Crippen LogP contribution is 2.39. The molecule has 4 heteroatoms. The quantitative estimate of drug-likeness (QED) is 0.551. The summed E-state index contributed by atoms with van der Waals surface area (Å²) in [6, 6.07) is 0. The lowest BCUT2D eigenvalue weighted by molar-refractivity contribution is -0.150. The maximum absolute atomic E-state index is 11.1. The summed E-state index contributed by atoms with van der Waals surface area (Å²) in [4.78, 5) is 11.1. The van der Waals surface area contributed by atoms with E-state index in [1.165, 1.54) is 0 Å². The van der Waals surface area contributed by atoms with Gasteiger partial charge in [-0.25, -0.2) is 0 Å². The monoisotopic (exact) mass is 186 g/mol. The normalized spacial score (nSPS) is 44.3. The van der Waals surface area contributed by atoms with Crippen molar-refractivity contribution in [3.8, 4) is 0 Å². The molecular weight excluding hydrogens is 172 g/mol. The molecule has 1 saturated heterocycles. The molecule has 2 bridgehead atoms. The van der Waals surface area contributed by atoms with Gasteiger partial charge in [-0.2, -0.15) is 0 Å². The Hall–Kier alpha value is -0.610. The molecule has 0 aromatic heterocycles. The number of rotatable bonds is 1. The van der Waals surface area contributed by atoms with Gasteiger partial charge in [0.1, 0.15) is 6.10 Å². The van der Waals surface area contributed by atoms with Crippen LogP contribution in [0.4, 0.5) is 0 Å². The first-order valence-electron chi connectivity index (χ1n) is 4.70. The maximum Gasteiger partial charge on any atom is 0.306 e. The van der Waals surface area contributed by atoms with Crippen LogP contribution in [0.2, 0.25) is 0 Å². The van der Waals surface area contributed by atoms with E-state index in [9.17, 15) is 9.90 Å². The average molecular weight is 186 g/mol. The van der Waals surface area contributed by atoms with E-state index in [2.05, 4.69) is 0 Å². The average Bonchev–Trinajstić information content (AvgIpc) is 2.26. The minimum absolute atomic E-state index is 0.000324. The van der Waals surface area contributed by atoms with E-state index >= 15 is 0 Å². The Balaban J connectivity index is 2.17. The topological polar surface area (TPSA) is 66.8 Å². The molecule has 0 aromatic carbocycles. The number of ether oxygens (including phenoxy) is 1. The molecular formula is C9H14O4. The van der Waals surface area contributed by atoms with E-state index in [4.69, 9.17) is 9.84 Å². The molecule has 1 heterocycles. The van der Waals surface area contributed by atoms with Gasteiger partial charge in [-0.1, -0.05) is 0 Å². The highest BCUT2D eigenvalue weighted by Gasteiger charge is 2.46. The van der Waals surface area contributed by atoms with Gasteiger partial charge < -0.3 is 14.9 Å². The first-order chi connectivity index (χ1) is 6.22. The van der Waals surface area contributed by atoms with Gasteiger partial charge in [-0.3, -0.25) is 4.79 Å². The second kappa shape index (κ2) is 3.27. The molecule has 1 saturated carbocycles. The van der Waals surface area contributed by atoms with Crippen LogP contribution < -0.4 is 0 Å². The number of hydrogen-bond donors (Lipinski definition) is 2. The minimum Gasteiger partial charge on any atom is -0.462 e. The van der Waals surface area contributed by atoms with Gasteiger partial charge in [0.15, 0.2) is 0 Å². The van der Waals surface area contributed by atoms with Gasteiger partial charge in [0.25, 0.3) is 0 Å². The smallest absolute Gasteiger partial charge is 0.306 e. The second-order valence-electron chi connectivity index (χ2n) is 3.88. The van der Waals surface area contributed by atoms with Crippen LogP contribution in [0.15, 0.2) is 0 Å². The van der Waals surface area contributed by atoms with E-state index in [-0.39, 0.29) is 30.5 Å². The van der Waals surface area contributed by atoms with Crippen LogP contribution >= 0.6 is 0 Å². The molecule has 4 atom stereocenters. The predicted molar refractivity (Wildman–Crippen MR) is 43.8 cm³/mol. The van der Waals surface area contributed by atoms with Crippen molar-refractivity contribution in [2.75, 3.05) is 6.61 Å². The van der Waals surface area contributed by atoms with Crippen LogP contribution in [-0.2, 0) is 9.53 Å². The van der Waals surface area contributed by atoms with Crippen LogP contribution in [0.5, 0.6) is 0 Å². The summed E-state index contributed by atoms with van der Waals surface area (Å²) < 4.78 is 5.12. The third-order valence-corrected chi connectivity index (χ3v) is 3.17. The third-order valence-electron chi connectivity index (χ3n) is 3.17. The standard InChI is InChI=1S/C9H14O4/c10-4-6-5-1-2-9(12)13-8(6)3-7(5)11/h5-8,10-11H,1-4H2/t5?,6-,7-,8+/m1/s1. The molecule has 74 valence electrons. The molecule has 2 aliphatic rings. The van der Waals surface area contributed by atoms with Gasteiger partial charge in [-0.15, -0.1) is 0 Å². The second-order valence-corrected chi connectivity index (χ2v) is 3.88. The number of carbonyl (C=O) groups is 1. The molecule has 13 heavy (non-hydrogen) atoms. The SMILES string of the molecule is O=C1CCC2[C@H](O)C[C@H](O1)[C@@H]2CO. The molecule has 1 unspecified atom stereocenters. The lowest BCUT2D eigenvalue weighted by Gasteiger charge is -2.18. The third kappa shape index (κ3) is 1.44. The number of fused-ring (bicyclic) bond motifs is 2. The molecule has 1 aliphatic heterocycles. The molecule has 0 amide bonds. The van der Waals surface area contributed by atoms with Crippen molar-refractivity contribution in [1.82, 2.24) is 0 Å². The van der Waals surface area contributed by atoms with Gasteiger partial charge >= 0.3 is 5.97 Å². The summed E-state index contributed by atoms with van der Waals surface area (Å²) in [6.07, 6.45) is 0.827. The fourth-order valence-electron chi connectivity index (χ4n) is 2.46.